The van der Waals surface area contributed by atoms with Crippen molar-refractivity contribution in [3.05, 3.63) is 44.4 Å². The summed E-state index contributed by atoms with van der Waals surface area (Å²) in [5, 5.41) is 12.0. The van der Waals surface area contributed by atoms with Gasteiger partial charge in [0, 0.05) is 6.42 Å². The van der Waals surface area contributed by atoms with Gasteiger partial charge in [0.25, 0.3) is 0 Å². The summed E-state index contributed by atoms with van der Waals surface area (Å²) in [6.45, 7) is 1.98. The highest BCUT2D eigenvalue weighted by atomic mass is 35.5. The van der Waals surface area contributed by atoms with E-state index in [1.165, 1.54) is 0 Å². The number of H-pyrrole nitrogens is 1. The van der Waals surface area contributed by atoms with Gasteiger partial charge in [0.15, 0.2) is 5.82 Å². The van der Waals surface area contributed by atoms with Crippen molar-refractivity contribution in [1.82, 2.24) is 14.9 Å². The van der Waals surface area contributed by atoms with E-state index in [-0.39, 0.29) is 0 Å². The van der Waals surface area contributed by atoms with Gasteiger partial charge in [0.05, 0.1) is 16.3 Å². The Morgan fingerprint density at radius 1 is 1.44 bits per heavy atom. The lowest BCUT2D eigenvalue weighted by atomic mass is 10.2. The van der Waals surface area contributed by atoms with Crippen molar-refractivity contribution in [3.63, 3.8) is 0 Å². The maximum Gasteiger partial charge on any atom is 0.216 e. The van der Waals surface area contributed by atoms with Crippen LogP contribution in [0.15, 0.2) is 23.3 Å². The first-order valence-electron chi connectivity index (χ1n) is 5.27. The lowest BCUT2D eigenvalue weighted by molar-refractivity contribution is 0.780. The lowest BCUT2D eigenvalue weighted by Gasteiger charge is -1.98. The summed E-state index contributed by atoms with van der Waals surface area (Å²) in [5.41, 5.74) is 0.842. The summed E-state index contributed by atoms with van der Waals surface area (Å²) in [4.78, 5) is 0. The number of aromatic nitrogens is 3. The van der Waals surface area contributed by atoms with Gasteiger partial charge in [-0.1, -0.05) is 36.2 Å². The van der Waals surface area contributed by atoms with Crippen molar-refractivity contribution < 1.29 is 0 Å². The first kappa shape index (κ1) is 13.3. The van der Waals surface area contributed by atoms with Gasteiger partial charge < -0.3 is 0 Å². The van der Waals surface area contributed by atoms with E-state index in [1.54, 1.807) is 23.0 Å². The van der Waals surface area contributed by atoms with Crippen molar-refractivity contribution in [2.45, 2.75) is 13.3 Å². The molecule has 0 spiro atoms. The van der Waals surface area contributed by atoms with Crippen molar-refractivity contribution in [1.29, 1.82) is 0 Å². The van der Waals surface area contributed by atoms with Crippen molar-refractivity contribution in [3.8, 4) is 0 Å². The second-order valence-electron chi connectivity index (χ2n) is 3.53. The maximum absolute atomic E-state index is 5.92. The van der Waals surface area contributed by atoms with Crippen LogP contribution in [-0.4, -0.2) is 21.1 Å². The van der Waals surface area contributed by atoms with E-state index in [0.717, 1.165) is 17.8 Å². The molecule has 1 N–H and O–H groups in total. The lowest BCUT2D eigenvalue weighted by Crippen LogP contribution is -1.97. The van der Waals surface area contributed by atoms with Crippen LogP contribution in [0, 0.1) is 4.77 Å². The first-order valence-corrected chi connectivity index (χ1v) is 6.44. The van der Waals surface area contributed by atoms with E-state index in [9.17, 15) is 0 Å². The molecule has 0 aliphatic heterocycles. The first-order chi connectivity index (χ1) is 8.61. The van der Waals surface area contributed by atoms with Gasteiger partial charge in [0.1, 0.15) is 0 Å². The minimum atomic E-state index is 0.461. The van der Waals surface area contributed by atoms with Gasteiger partial charge in [-0.15, -0.1) is 0 Å². The van der Waals surface area contributed by atoms with Crippen molar-refractivity contribution >= 4 is 41.6 Å². The molecule has 18 heavy (non-hydrogen) atoms. The molecule has 2 aromatic rings. The van der Waals surface area contributed by atoms with E-state index in [2.05, 4.69) is 15.3 Å². The summed E-state index contributed by atoms with van der Waals surface area (Å²) >= 11 is 16.8. The van der Waals surface area contributed by atoms with Gasteiger partial charge in [-0.2, -0.15) is 14.9 Å². The normalized spacial score (nSPS) is 11.3. The minimum absolute atomic E-state index is 0.461. The fraction of sp³-hybridized carbons (Fsp3) is 0.182. The number of aryl methyl sites for hydroxylation is 1. The molecule has 1 aromatic heterocycles. The Labute approximate surface area is 119 Å². The van der Waals surface area contributed by atoms with E-state index in [4.69, 9.17) is 35.4 Å². The average molecular weight is 301 g/mol. The van der Waals surface area contributed by atoms with E-state index in [0.29, 0.717) is 14.8 Å². The Kier molecular flexibility index (Phi) is 4.16. The monoisotopic (exact) mass is 300 g/mol. The molecule has 0 bridgehead atoms. The molecule has 94 valence electrons. The van der Waals surface area contributed by atoms with Crippen LogP contribution in [0.1, 0.15) is 18.3 Å². The Hall–Kier alpha value is -1.17. The highest BCUT2D eigenvalue weighted by Gasteiger charge is 2.02. The molecule has 0 atom stereocenters. The number of aromatic amines is 1. The SMILES string of the molecule is CCc1n[nH]c(=S)n1/N=C/c1ccc(Cl)c(Cl)c1. The molecule has 0 aliphatic carbocycles. The summed E-state index contributed by atoms with van der Waals surface area (Å²) in [7, 11) is 0. The summed E-state index contributed by atoms with van der Waals surface area (Å²) < 4.78 is 2.04. The van der Waals surface area contributed by atoms with Gasteiger partial charge in [-0.25, -0.2) is 0 Å². The highest BCUT2D eigenvalue weighted by molar-refractivity contribution is 7.71. The molecule has 0 radical (unpaired) electrons. The standard InChI is InChI=1S/C11H10Cl2N4S/c1-2-10-15-16-11(18)17(10)14-6-7-3-4-8(12)9(13)5-7/h3-6H,2H2,1H3,(H,16,18)/b14-6+. The highest BCUT2D eigenvalue weighted by Crippen LogP contribution is 2.21. The van der Waals surface area contributed by atoms with Gasteiger partial charge >= 0.3 is 0 Å². The molecule has 4 nitrogen and oxygen atoms in total. The molecular weight excluding hydrogens is 291 g/mol. The number of hydrogen-bond acceptors (Lipinski definition) is 3. The minimum Gasteiger partial charge on any atom is -0.250 e. The molecule has 0 aliphatic rings. The zero-order valence-corrected chi connectivity index (χ0v) is 11.9. The van der Waals surface area contributed by atoms with E-state index in [1.807, 2.05) is 13.0 Å². The molecule has 0 fully saturated rings. The molecular formula is C11H10Cl2N4S. The van der Waals surface area contributed by atoms with Gasteiger partial charge in [0.2, 0.25) is 4.77 Å². The Balaban J connectivity index is 2.32. The van der Waals surface area contributed by atoms with Crippen LogP contribution < -0.4 is 0 Å². The summed E-state index contributed by atoms with van der Waals surface area (Å²) in [5.74, 6) is 0.774. The molecule has 0 saturated carbocycles. The van der Waals surface area contributed by atoms with Crippen LogP contribution in [0.4, 0.5) is 0 Å². The van der Waals surface area contributed by atoms with Crippen LogP contribution >= 0.6 is 35.4 Å². The van der Waals surface area contributed by atoms with Crippen LogP contribution in [0.25, 0.3) is 0 Å². The summed E-state index contributed by atoms with van der Waals surface area (Å²) in [6.07, 6.45) is 2.40. The topological polar surface area (TPSA) is 46.0 Å². The Morgan fingerprint density at radius 3 is 2.89 bits per heavy atom. The number of rotatable bonds is 3. The van der Waals surface area contributed by atoms with Gasteiger partial charge in [-0.05, 0) is 29.9 Å². The molecule has 2 rings (SSSR count). The molecule has 7 heteroatoms. The fourth-order valence-electron chi connectivity index (χ4n) is 1.39. The Morgan fingerprint density at radius 2 is 2.22 bits per heavy atom. The molecule has 0 amide bonds. The average Bonchev–Trinajstić information content (AvgIpc) is 2.71. The number of nitrogens with zero attached hydrogens (tertiary/aromatic N) is 3. The molecule has 1 heterocycles. The van der Waals surface area contributed by atoms with Crippen molar-refractivity contribution in [2.24, 2.45) is 5.10 Å². The number of hydrogen-bond donors (Lipinski definition) is 1. The predicted molar refractivity (Wildman–Crippen MR) is 76.2 cm³/mol. The summed E-state index contributed by atoms with van der Waals surface area (Å²) in [6, 6.07) is 5.29. The third kappa shape index (κ3) is 2.80. The van der Waals surface area contributed by atoms with Crippen LogP contribution in [0.5, 0.6) is 0 Å². The molecule has 1 aromatic carbocycles. The van der Waals surface area contributed by atoms with E-state index < -0.39 is 0 Å². The fourth-order valence-corrected chi connectivity index (χ4v) is 1.89. The van der Waals surface area contributed by atoms with Crippen LogP contribution in [0.2, 0.25) is 10.0 Å². The van der Waals surface area contributed by atoms with Crippen LogP contribution in [-0.2, 0) is 6.42 Å². The van der Waals surface area contributed by atoms with Crippen molar-refractivity contribution in [2.75, 3.05) is 0 Å². The second-order valence-corrected chi connectivity index (χ2v) is 4.73. The number of nitrogens with one attached hydrogen (secondary N) is 1. The predicted octanol–water partition coefficient (Wildman–Crippen LogP) is 3.69. The number of benzene rings is 1. The van der Waals surface area contributed by atoms with Gasteiger partial charge in [-0.3, -0.25) is 5.10 Å². The maximum atomic E-state index is 5.92. The van der Waals surface area contributed by atoms with Crippen LogP contribution in [0.3, 0.4) is 0 Å². The van der Waals surface area contributed by atoms with E-state index >= 15 is 0 Å². The molecule has 0 saturated heterocycles. The Bertz CT molecular complexity index is 645. The quantitative estimate of drug-likeness (QED) is 0.694. The smallest absolute Gasteiger partial charge is 0.216 e. The second kappa shape index (κ2) is 5.65. The third-order valence-electron chi connectivity index (χ3n) is 2.30. The third-order valence-corrected chi connectivity index (χ3v) is 3.30. The zero-order valence-electron chi connectivity index (χ0n) is 9.52. The largest absolute Gasteiger partial charge is 0.250 e. The number of halogens is 2. The molecule has 0 unspecified atom stereocenters. The zero-order chi connectivity index (χ0) is 13.1.